The van der Waals surface area contributed by atoms with E-state index in [4.69, 9.17) is 0 Å². The van der Waals surface area contributed by atoms with Gasteiger partial charge in [0, 0.05) is 17.0 Å². The number of rotatable bonds is 6. The summed E-state index contributed by atoms with van der Waals surface area (Å²) < 4.78 is 28.2. The number of nitrogens with one attached hydrogen (secondary N) is 1. The predicted molar refractivity (Wildman–Crippen MR) is 97.2 cm³/mol. The molecule has 2 heterocycles. The zero-order valence-corrected chi connectivity index (χ0v) is 15.6. The summed E-state index contributed by atoms with van der Waals surface area (Å²) in [5.74, 6) is -1.93. The normalized spacial score (nSPS) is 11.1. The SMILES string of the molecule is CC(C)n1cnnc1SCC(=O)Nc1nc(-c2ccc(F)c(F)c2)cs1. The zero-order chi connectivity index (χ0) is 18.7. The third-order valence-corrected chi connectivity index (χ3v) is 5.11. The Kier molecular flexibility index (Phi) is 5.62. The molecule has 1 aromatic carbocycles. The van der Waals surface area contributed by atoms with Crippen LogP contribution in [0.1, 0.15) is 19.9 Å². The average molecular weight is 395 g/mol. The quantitative estimate of drug-likeness (QED) is 0.639. The van der Waals surface area contributed by atoms with E-state index in [1.807, 2.05) is 18.4 Å². The van der Waals surface area contributed by atoms with Gasteiger partial charge in [-0.1, -0.05) is 11.8 Å². The van der Waals surface area contributed by atoms with Crippen LogP contribution < -0.4 is 5.32 Å². The van der Waals surface area contributed by atoms with Crippen LogP contribution in [0.2, 0.25) is 0 Å². The molecule has 0 aliphatic rings. The van der Waals surface area contributed by atoms with Gasteiger partial charge in [0.05, 0.1) is 11.4 Å². The highest BCUT2D eigenvalue weighted by Crippen LogP contribution is 2.26. The third-order valence-electron chi connectivity index (χ3n) is 3.39. The highest BCUT2D eigenvalue weighted by atomic mass is 32.2. The lowest BCUT2D eigenvalue weighted by molar-refractivity contribution is -0.113. The van der Waals surface area contributed by atoms with E-state index in [-0.39, 0.29) is 17.7 Å². The fourth-order valence-electron chi connectivity index (χ4n) is 2.09. The maximum Gasteiger partial charge on any atom is 0.236 e. The molecule has 3 rings (SSSR count). The van der Waals surface area contributed by atoms with Gasteiger partial charge in [0.2, 0.25) is 5.91 Å². The number of hydrogen-bond donors (Lipinski definition) is 1. The number of hydrogen-bond acceptors (Lipinski definition) is 6. The molecule has 0 radical (unpaired) electrons. The fourth-order valence-corrected chi connectivity index (χ4v) is 3.67. The Hall–Kier alpha value is -2.33. The summed E-state index contributed by atoms with van der Waals surface area (Å²) in [6, 6.07) is 3.76. The van der Waals surface area contributed by atoms with E-state index < -0.39 is 11.6 Å². The van der Waals surface area contributed by atoms with E-state index in [1.165, 1.54) is 29.2 Å². The second kappa shape index (κ2) is 7.92. The smallest absolute Gasteiger partial charge is 0.236 e. The topological polar surface area (TPSA) is 72.7 Å². The van der Waals surface area contributed by atoms with Crippen molar-refractivity contribution < 1.29 is 13.6 Å². The van der Waals surface area contributed by atoms with Crippen molar-refractivity contribution in [2.24, 2.45) is 0 Å². The van der Waals surface area contributed by atoms with E-state index in [9.17, 15) is 13.6 Å². The maximum atomic E-state index is 13.3. The third kappa shape index (κ3) is 4.25. The first-order valence-corrected chi connectivity index (χ1v) is 9.53. The van der Waals surface area contributed by atoms with Gasteiger partial charge in [-0.2, -0.15) is 0 Å². The molecule has 2 aromatic heterocycles. The molecule has 6 nitrogen and oxygen atoms in total. The van der Waals surface area contributed by atoms with Crippen molar-refractivity contribution in [1.29, 1.82) is 0 Å². The molecule has 1 N–H and O–H groups in total. The van der Waals surface area contributed by atoms with Crippen LogP contribution in [-0.4, -0.2) is 31.4 Å². The fraction of sp³-hybridized carbons (Fsp3) is 0.250. The number of carbonyl (C=O) groups is 1. The van der Waals surface area contributed by atoms with Crippen LogP contribution in [0.25, 0.3) is 11.3 Å². The number of thiazole rings is 1. The molecule has 136 valence electrons. The number of halogens is 2. The Balaban J connectivity index is 1.61. The van der Waals surface area contributed by atoms with E-state index in [0.29, 0.717) is 21.5 Å². The van der Waals surface area contributed by atoms with Gasteiger partial charge in [-0.15, -0.1) is 21.5 Å². The first kappa shape index (κ1) is 18.5. The van der Waals surface area contributed by atoms with E-state index in [1.54, 1.807) is 11.7 Å². The summed E-state index contributed by atoms with van der Waals surface area (Å²) in [6.45, 7) is 4.01. The molecule has 0 atom stereocenters. The van der Waals surface area contributed by atoms with E-state index >= 15 is 0 Å². The Bertz CT molecular complexity index is 925. The Morgan fingerprint density at radius 1 is 1.35 bits per heavy atom. The number of amides is 1. The van der Waals surface area contributed by atoms with Crippen molar-refractivity contribution in [3.63, 3.8) is 0 Å². The standard InChI is InChI=1S/C16H15F2N5OS2/c1-9(2)23-8-19-22-16(23)26-7-14(24)21-15-20-13(6-25-15)10-3-4-11(17)12(18)5-10/h3-6,8-9H,7H2,1-2H3,(H,20,21,24). The molecule has 0 spiro atoms. The van der Waals surface area contributed by atoms with Gasteiger partial charge in [-0.05, 0) is 32.0 Å². The number of thioether (sulfide) groups is 1. The summed E-state index contributed by atoms with van der Waals surface area (Å²) in [4.78, 5) is 16.3. The molecule has 0 fully saturated rings. The maximum absolute atomic E-state index is 13.3. The molecule has 1 amide bonds. The molecule has 0 unspecified atom stereocenters. The second-order valence-electron chi connectivity index (χ2n) is 5.62. The van der Waals surface area contributed by atoms with Gasteiger partial charge in [-0.25, -0.2) is 13.8 Å². The van der Waals surface area contributed by atoms with Gasteiger partial charge in [0.1, 0.15) is 6.33 Å². The molecule has 0 saturated heterocycles. The summed E-state index contributed by atoms with van der Waals surface area (Å²) in [6.07, 6.45) is 1.62. The van der Waals surface area contributed by atoms with Crippen LogP contribution in [0.5, 0.6) is 0 Å². The minimum Gasteiger partial charge on any atom is -0.306 e. The molecular weight excluding hydrogens is 380 g/mol. The lowest BCUT2D eigenvalue weighted by Gasteiger charge is -2.08. The first-order valence-electron chi connectivity index (χ1n) is 7.67. The lowest BCUT2D eigenvalue weighted by atomic mass is 10.2. The number of aromatic nitrogens is 4. The van der Waals surface area contributed by atoms with Gasteiger partial charge < -0.3 is 9.88 Å². The highest BCUT2D eigenvalue weighted by Gasteiger charge is 2.13. The van der Waals surface area contributed by atoms with Crippen LogP contribution in [0.3, 0.4) is 0 Å². The van der Waals surface area contributed by atoms with Crippen molar-refractivity contribution in [2.75, 3.05) is 11.1 Å². The minimum absolute atomic E-state index is 0.158. The van der Waals surface area contributed by atoms with Crippen LogP contribution in [-0.2, 0) is 4.79 Å². The number of carbonyl (C=O) groups excluding carboxylic acids is 1. The van der Waals surface area contributed by atoms with Crippen molar-refractivity contribution in [3.8, 4) is 11.3 Å². The van der Waals surface area contributed by atoms with Crippen LogP contribution in [0, 0.1) is 11.6 Å². The molecule has 3 aromatic rings. The first-order chi connectivity index (χ1) is 12.4. The molecule has 10 heteroatoms. The number of nitrogens with zero attached hydrogens (tertiary/aromatic N) is 4. The summed E-state index contributed by atoms with van der Waals surface area (Å²) in [5, 5.41) is 13.3. The van der Waals surface area contributed by atoms with Crippen molar-refractivity contribution in [3.05, 3.63) is 41.5 Å². The second-order valence-corrected chi connectivity index (χ2v) is 7.42. The average Bonchev–Trinajstić information content (AvgIpc) is 3.24. The van der Waals surface area contributed by atoms with E-state index in [2.05, 4.69) is 20.5 Å². The lowest BCUT2D eigenvalue weighted by Crippen LogP contribution is -2.14. The Labute approximate surface area is 156 Å². The monoisotopic (exact) mass is 395 g/mol. The molecule has 0 aliphatic carbocycles. The van der Waals surface area contributed by atoms with E-state index in [0.717, 1.165) is 12.1 Å². The number of benzene rings is 1. The molecule has 0 aliphatic heterocycles. The molecular formula is C16H15F2N5OS2. The minimum atomic E-state index is -0.938. The molecule has 26 heavy (non-hydrogen) atoms. The van der Waals surface area contributed by atoms with Gasteiger partial charge in [0.15, 0.2) is 21.9 Å². The largest absolute Gasteiger partial charge is 0.306 e. The Morgan fingerprint density at radius 3 is 2.88 bits per heavy atom. The predicted octanol–water partition coefficient (Wildman–Crippen LogP) is 3.99. The van der Waals surface area contributed by atoms with Crippen LogP contribution >= 0.6 is 23.1 Å². The van der Waals surface area contributed by atoms with Crippen molar-refractivity contribution in [2.45, 2.75) is 25.0 Å². The summed E-state index contributed by atoms with van der Waals surface area (Å²) in [7, 11) is 0. The van der Waals surface area contributed by atoms with Crippen molar-refractivity contribution >= 4 is 34.1 Å². The number of anilines is 1. The van der Waals surface area contributed by atoms with Gasteiger partial charge >= 0.3 is 0 Å². The molecule has 0 saturated carbocycles. The van der Waals surface area contributed by atoms with Crippen molar-refractivity contribution in [1.82, 2.24) is 19.7 Å². The van der Waals surface area contributed by atoms with Crippen LogP contribution in [0.15, 0.2) is 35.1 Å². The highest BCUT2D eigenvalue weighted by molar-refractivity contribution is 7.99. The van der Waals surface area contributed by atoms with Gasteiger partial charge in [-0.3, -0.25) is 4.79 Å². The Morgan fingerprint density at radius 2 is 2.15 bits per heavy atom. The zero-order valence-electron chi connectivity index (χ0n) is 13.9. The van der Waals surface area contributed by atoms with Crippen LogP contribution in [0.4, 0.5) is 13.9 Å². The van der Waals surface area contributed by atoms with Gasteiger partial charge in [0.25, 0.3) is 0 Å². The summed E-state index contributed by atoms with van der Waals surface area (Å²) >= 11 is 2.49. The molecule has 0 bridgehead atoms. The summed E-state index contributed by atoms with van der Waals surface area (Å²) in [5.41, 5.74) is 0.913.